The molecule has 2 aromatic rings. The first-order valence-electron chi connectivity index (χ1n) is 10.7. The normalized spacial score (nSPS) is 19.8. The summed E-state index contributed by atoms with van der Waals surface area (Å²) >= 11 is 6.40. The summed E-state index contributed by atoms with van der Waals surface area (Å²) in [7, 11) is 1.72. The van der Waals surface area contributed by atoms with Crippen molar-refractivity contribution in [2.75, 3.05) is 19.6 Å². The molecular weight excluding hydrogens is 402 g/mol. The van der Waals surface area contributed by atoms with Crippen molar-refractivity contribution in [1.82, 2.24) is 25.2 Å². The predicted octanol–water partition coefficient (Wildman–Crippen LogP) is 4.06. The molecule has 1 N–H and O–H groups in total. The number of hydrogen-bond donors (Lipinski definition) is 1. The van der Waals surface area contributed by atoms with E-state index in [2.05, 4.69) is 41.2 Å². The van der Waals surface area contributed by atoms with Gasteiger partial charge in [0.15, 0.2) is 0 Å². The van der Waals surface area contributed by atoms with E-state index in [1.54, 1.807) is 20.0 Å². The van der Waals surface area contributed by atoms with Gasteiger partial charge in [0.05, 0.1) is 0 Å². The van der Waals surface area contributed by atoms with Gasteiger partial charge >= 0.3 is 0 Å². The van der Waals surface area contributed by atoms with Gasteiger partial charge in [-0.15, -0.1) is 0 Å². The Bertz CT molecular complexity index is 926. The van der Waals surface area contributed by atoms with Crippen molar-refractivity contribution in [3.8, 4) is 11.4 Å². The Labute approximate surface area is 183 Å². The third-order valence-electron chi connectivity index (χ3n) is 6.38. The maximum Gasteiger partial charge on any atom is 0.256 e. The van der Waals surface area contributed by atoms with Crippen molar-refractivity contribution in [3.63, 3.8) is 0 Å². The zero-order chi connectivity index (χ0) is 21.7. The molecule has 3 heterocycles. The molecule has 30 heavy (non-hydrogen) atoms. The largest absolute Gasteiger partial charge is 0.361 e. The second-order valence-corrected chi connectivity index (χ2v) is 10.7. The molecule has 1 aliphatic carbocycles. The maximum atomic E-state index is 13.0. The fourth-order valence-electron chi connectivity index (χ4n) is 4.97. The Morgan fingerprint density at radius 1 is 1.33 bits per heavy atom. The number of nitrogens with one attached hydrogen (secondary N) is 1. The summed E-state index contributed by atoms with van der Waals surface area (Å²) in [5.41, 5.74) is 2.08. The lowest BCUT2D eigenvalue weighted by Gasteiger charge is -2.53. The number of aromatic nitrogens is 3. The van der Waals surface area contributed by atoms with Crippen molar-refractivity contribution in [2.45, 2.75) is 59.4 Å². The Morgan fingerprint density at radius 2 is 2.00 bits per heavy atom. The van der Waals surface area contributed by atoms with E-state index < -0.39 is 0 Å². The lowest BCUT2D eigenvalue weighted by molar-refractivity contribution is -0.00114. The number of hydrogen-bond acceptors (Lipinski definition) is 5. The smallest absolute Gasteiger partial charge is 0.256 e. The number of carbonyl (C=O) groups is 1. The Kier molecular flexibility index (Phi) is 5.47. The molecule has 1 aliphatic heterocycles. The molecule has 164 valence electrons. The van der Waals surface area contributed by atoms with Crippen molar-refractivity contribution in [1.29, 1.82) is 0 Å². The molecule has 4 rings (SSSR count). The Balaban J connectivity index is 1.37. The lowest BCUT2D eigenvalue weighted by Crippen LogP contribution is -2.55. The average Bonchev–Trinajstić information content (AvgIpc) is 3.18. The highest BCUT2D eigenvalue weighted by atomic mass is 35.5. The first-order valence-corrected chi connectivity index (χ1v) is 11.1. The molecular formula is C22H32ClN5O2. The number of amides is 1. The monoisotopic (exact) mass is 433 g/mol. The lowest BCUT2D eigenvalue weighted by atomic mass is 9.60. The van der Waals surface area contributed by atoms with Crippen LogP contribution in [0.5, 0.6) is 0 Å². The number of likely N-dealkylation sites (tertiary alicyclic amines) is 1. The van der Waals surface area contributed by atoms with Crippen molar-refractivity contribution in [3.05, 3.63) is 22.5 Å². The third-order valence-corrected chi connectivity index (χ3v) is 6.82. The van der Waals surface area contributed by atoms with Gasteiger partial charge in [-0.3, -0.25) is 9.48 Å². The minimum Gasteiger partial charge on any atom is -0.361 e. The molecule has 7 nitrogen and oxygen atoms in total. The minimum atomic E-state index is -0.186. The molecule has 0 unspecified atom stereocenters. The highest BCUT2D eigenvalue weighted by Gasteiger charge is 2.46. The number of carbonyl (C=O) groups excluding carboxylic acids is 1. The molecule has 0 radical (unpaired) electrons. The van der Waals surface area contributed by atoms with E-state index in [4.69, 9.17) is 16.1 Å². The quantitative estimate of drug-likeness (QED) is 0.786. The van der Waals surface area contributed by atoms with Gasteiger partial charge in [-0.1, -0.05) is 37.5 Å². The predicted molar refractivity (Wildman–Crippen MR) is 117 cm³/mol. The second kappa shape index (κ2) is 7.68. The molecule has 2 aromatic heterocycles. The number of rotatable bonds is 4. The van der Waals surface area contributed by atoms with E-state index in [1.807, 2.05) is 0 Å². The van der Waals surface area contributed by atoms with Crippen LogP contribution in [0.3, 0.4) is 0 Å². The Morgan fingerprint density at radius 3 is 2.57 bits per heavy atom. The van der Waals surface area contributed by atoms with Gasteiger partial charge in [0.1, 0.15) is 27.9 Å². The second-order valence-electron chi connectivity index (χ2n) is 10.4. The van der Waals surface area contributed by atoms with Crippen LogP contribution >= 0.6 is 11.6 Å². The average molecular weight is 434 g/mol. The summed E-state index contributed by atoms with van der Waals surface area (Å²) in [6.07, 6.45) is 4.51. The van der Waals surface area contributed by atoms with E-state index in [1.165, 1.54) is 17.5 Å². The number of halogens is 1. The van der Waals surface area contributed by atoms with Gasteiger partial charge in [-0.25, -0.2) is 0 Å². The third kappa shape index (κ3) is 4.28. The van der Waals surface area contributed by atoms with Crippen molar-refractivity contribution < 1.29 is 9.32 Å². The van der Waals surface area contributed by atoms with E-state index >= 15 is 0 Å². The van der Waals surface area contributed by atoms with Crippen LogP contribution in [-0.4, -0.2) is 51.4 Å². The number of piperidine rings is 1. The molecule has 1 saturated carbocycles. The molecule has 0 atom stereocenters. The molecule has 2 aliphatic rings. The zero-order valence-electron chi connectivity index (χ0n) is 18.6. The summed E-state index contributed by atoms with van der Waals surface area (Å²) in [6, 6.07) is 1.95. The summed E-state index contributed by atoms with van der Waals surface area (Å²) in [4.78, 5) is 15.6. The fraction of sp³-hybridized carbons (Fsp3) is 0.682. The van der Waals surface area contributed by atoms with Crippen LogP contribution in [0.4, 0.5) is 0 Å². The minimum absolute atomic E-state index is 0.186. The molecule has 1 spiro atoms. The molecule has 1 saturated heterocycles. The van der Waals surface area contributed by atoms with E-state index in [9.17, 15) is 4.79 Å². The van der Waals surface area contributed by atoms with Gasteiger partial charge in [0.2, 0.25) is 0 Å². The first kappa shape index (κ1) is 21.4. The van der Waals surface area contributed by atoms with Crippen LogP contribution in [0.25, 0.3) is 11.4 Å². The maximum absolute atomic E-state index is 13.0. The van der Waals surface area contributed by atoms with Crippen molar-refractivity contribution in [2.24, 2.45) is 17.9 Å². The van der Waals surface area contributed by atoms with E-state index in [0.717, 1.165) is 32.5 Å². The fourth-order valence-corrected chi connectivity index (χ4v) is 5.18. The van der Waals surface area contributed by atoms with Crippen molar-refractivity contribution >= 4 is 17.5 Å². The molecule has 1 amide bonds. The summed E-state index contributed by atoms with van der Waals surface area (Å²) in [5, 5.41) is 11.9. The van der Waals surface area contributed by atoms with Gasteiger partial charge in [0.25, 0.3) is 5.91 Å². The topological polar surface area (TPSA) is 76.2 Å². The van der Waals surface area contributed by atoms with Gasteiger partial charge in [-0.05, 0) is 56.5 Å². The van der Waals surface area contributed by atoms with Gasteiger partial charge in [0, 0.05) is 25.7 Å². The molecule has 0 aromatic carbocycles. The highest BCUT2D eigenvalue weighted by molar-refractivity contribution is 6.33. The van der Waals surface area contributed by atoms with Crippen LogP contribution in [0, 0.1) is 17.8 Å². The van der Waals surface area contributed by atoms with Crippen LogP contribution in [-0.2, 0) is 7.05 Å². The van der Waals surface area contributed by atoms with Gasteiger partial charge in [-0.2, -0.15) is 5.10 Å². The zero-order valence-corrected chi connectivity index (χ0v) is 19.3. The summed E-state index contributed by atoms with van der Waals surface area (Å²) in [6.45, 7) is 12.2. The standard InChI is InChI=1S/C22H32ClN5O2/c1-14-10-16(26-30-14)18-17(19(23)27(5)25-18)20(29)24-15-11-22(12-15)6-8-28(9-7-22)13-21(2,3)4/h10,15H,6-9,11-13H2,1-5H3,(H,24,29). The SMILES string of the molecule is Cc1cc(-c2nn(C)c(Cl)c2C(=O)NC2CC3(CCN(CC(C)(C)C)CC3)C2)no1. The van der Waals surface area contributed by atoms with E-state index in [-0.39, 0.29) is 11.9 Å². The van der Waals surface area contributed by atoms with Crippen LogP contribution < -0.4 is 5.32 Å². The number of aryl methyl sites for hydroxylation is 2. The number of nitrogens with zero attached hydrogens (tertiary/aromatic N) is 4. The highest BCUT2D eigenvalue weighted by Crippen LogP contribution is 2.49. The first-order chi connectivity index (χ1) is 14.1. The van der Waals surface area contributed by atoms with Crippen LogP contribution in [0.2, 0.25) is 5.15 Å². The van der Waals surface area contributed by atoms with E-state index in [0.29, 0.717) is 38.7 Å². The molecule has 2 fully saturated rings. The molecule has 8 heteroatoms. The Hall–Kier alpha value is -1.86. The van der Waals surface area contributed by atoms with Gasteiger partial charge < -0.3 is 14.7 Å². The van der Waals surface area contributed by atoms with Crippen LogP contribution in [0.1, 0.15) is 62.6 Å². The summed E-state index contributed by atoms with van der Waals surface area (Å²) in [5.74, 6) is 0.477. The summed E-state index contributed by atoms with van der Waals surface area (Å²) < 4.78 is 6.66. The molecule has 0 bridgehead atoms. The van der Waals surface area contributed by atoms with Crippen LogP contribution in [0.15, 0.2) is 10.6 Å².